The Kier molecular flexibility index (Phi) is 5.58. The summed E-state index contributed by atoms with van der Waals surface area (Å²) in [7, 11) is 0. The van der Waals surface area contributed by atoms with Crippen LogP contribution in [0.1, 0.15) is 35.0 Å². The first-order valence-corrected chi connectivity index (χ1v) is 7.31. The number of furan rings is 1. The molecule has 0 bridgehead atoms. The van der Waals surface area contributed by atoms with E-state index in [-0.39, 0.29) is 11.9 Å². The van der Waals surface area contributed by atoms with Crippen molar-refractivity contribution in [2.45, 2.75) is 32.2 Å². The van der Waals surface area contributed by atoms with E-state index in [1.165, 1.54) is 0 Å². The summed E-state index contributed by atoms with van der Waals surface area (Å²) in [4.78, 5) is 12.1. The Morgan fingerprint density at radius 1 is 1.24 bits per heavy atom. The number of rotatable bonds is 7. The Hall–Kier alpha value is -2.07. The van der Waals surface area contributed by atoms with Crippen molar-refractivity contribution in [1.29, 1.82) is 0 Å². The summed E-state index contributed by atoms with van der Waals surface area (Å²) in [5.74, 6) is 0.906. The zero-order chi connectivity index (χ0) is 15.1. The van der Waals surface area contributed by atoms with Gasteiger partial charge in [-0.2, -0.15) is 0 Å². The zero-order valence-corrected chi connectivity index (χ0v) is 12.3. The van der Waals surface area contributed by atoms with Gasteiger partial charge < -0.3 is 15.5 Å². The first-order chi connectivity index (χ1) is 10.2. The molecular formula is C17H22N2O2. The van der Waals surface area contributed by atoms with E-state index < -0.39 is 0 Å². The van der Waals surface area contributed by atoms with Gasteiger partial charge in [0.1, 0.15) is 5.76 Å². The maximum Gasteiger partial charge on any atom is 0.251 e. The third-order valence-corrected chi connectivity index (χ3v) is 3.43. The highest BCUT2D eigenvalue weighted by atomic mass is 16.3. The van der Waals surface area contributed by atoms with E-state index in [0.717, 1.165) is 30.6 Å². The molecule has 0 saturated heterocycles. The molecule has 1 unspecified atom stereocenters. The standard InChI is InChI=1S/C17H22N2O2/c1-13(4-9-16-3-2-12-21-16)19-17(20)15-7-5-14(6-8-15)10-11-18/h2-3,5-8,12-13H,4,9-11,18H2,1H3,(H,19,20). The normalized spacial score (nSPS) is 12.1. The number of benzene rings is 1. The molecule has 1 heterocycles. The van der Waals surface area contributed by atoms with Gasteiger partial charge in [-0.25, -0.2) is 0 Å². The molecule has 2 aromatic rings. The third-order valence-electron chi connectivity index (χ3n) is 3.43. The summed E-state index contributed by atoms with van der Waals surface area (Å²) in [6.45, 7) is 2.62. The predicted octanol–water partition coefficient (Wildman–Crippen LogP) is 2.53. The van der Waals surface area contributed by atoms with E-state index >= 15 is 0 Å². The molecule has 1 amide bonds. The first-order valence-electron chi connectivity index (χ1n) is 7.31. The molecule has 0 saturated carbocycles. The van der Waals surface area contributed by atoms with E-state index in [4.69, 9.17) is 10.2 Å². The van der Waals surface area contributed by atoms with Crippen LogP contribution in [0.3, 0.4) is 0 Å². The largest absolute Gasteiger partial charge is 0.469 e. The summed E-state index contributed by atoms with van der Waals surface area (Å²) in [5.41, 5.74) is 7.34. The van der Waals surface area contributed by atoms with Crippen LogP contribution < -0.4 is 11.1 Å². The topological polar surface area (TPSA) is 68.3 Å². The Morgan fingerprint density at radius 2 is 2.00 bits per heavy atom. The van der Waals surface area contributed by atoms with E-state index in [1.54, 1.807) is 6.26 Å². The maximum absolute atomic E-state index is 12.1. The number of carbonyl (C=O) groups excluding carboxylic acids is 1. The third kappa shape index (κ3) is 4.76. The summed E-state index contributed by atoms with van der Waals surface area (Å²) in [6, 6.07) is 11.5. The number of hydrogen-bond acceptors (Lipinski definition) is 3. The van der Waals surface area contributed by atoms with Crippen molar-refractivity contribution >= 4 is 5.91 Å². The molecule has 0 aliphatic carbocycles. The smallest absolute Gasteiger partial charge is 0.251 e. The molecule has 0 spiro atoms. The highest BCUT2D eigenvalue weighted by Gasteiger charge is 2.10. The summed E-state index contributed by atoms with van der Waals surface area (Å²) in [6.07, 6.45) is 4.18. The Labute approximate surface area is 125 Å². The number of nitrogens with one attached hydrogen (secondary N) is 1. The first kappa shape index (κ1) is 15.3. The summed E-state index contributed by atoms with van der Waals surface area (Å²) < 4.78 is 5.29. The van der Waals surface area contributed by atoms with Crippen LogP contribution in [0, 0.1) is 0 Å². The summed E-state index contributed by atoms with van der Waals surface area (Å²) >= 11 is 0. The highest BCUT2D eigenvalue weighted by Crippen LogP contribution is 2.08. The molecule has 0 aliphatic rings. The van der Waals surface area contributed by atoms with Crippen LogP contribution in [0.2, 0.25) is 0 Å². The lowest BCUT2D eigenvalue weighted by molar-refractivity contribution is 0.0938. The van der Waals surface area contributed by atoms with Crippen LogP contribution in [0.5, 0.6) is 0 Å². The second-order valence-electron chi connectivity index (χ2n) is 5.23. The maximum atomic E-state index is 12.1. The molecule has 1 aromatic heterocycles. The van der Waals surface area contributed by atoms with Crippen LogP contribution in [-0.2, 0) is 12.8 Å². The fourth-order valence-electron chi connectivity index (χ4n) is 2.18. The monoisotopic (exact) mass is 286 g/mol. The van der Waals surface area contributed by atoms with E-state index in [9.17, 15) is 4.79 Å². The SMILES string of the molecule is CC(CCc1ccco1)NC(=O)c1ccc(CCN)cc1. The fraction of sp³-hybridized carbons (Fsp3) is 0.353. The van der Waals surface area contributed by atoms with Crippen LogP contribution in [0.4, 0.5) is 0 Å². The van der Waals surface area contributed by atoms with Crippen molar-refractivity contribution in [3.8, 4) is 0 Å². The molecule has 4 heteroatoms. The number of aryl methyl sites for hydroxylation is 1. The van der Waals surface area contributed by atoms with Crippen LogP contribution >= 0.6 is 0 Å². The van der Waals surface area contributed by atoms with Gasteiger partial charge in [0.25, 0.3) is 5.91 Å². The molecule has 0 aliphatic heterocycles. The van der Waals surface area contributed by atoms with Crippen molar-refractivity contribution in [2.75, 3.05) is 6.54 Å². The lowest BCUT2D eigenvalue weighted by Gasteiger charge is -2.13. The Balaban J connectivity index is 1.82. The molecule has 2 rings (SSSR count). The molecule has 0 radical (unpaired) electrons. The van der Waals surface area contributed by atoms with Gasteiger partial charge in [-0.1, -0.05) is 12.1 Å². The van der Waals surface area contributed by atoms with Gasteiger partial charge in [0.05, 0.1) is 6.26 Å². The minimum absolute atomic E-state index is 0.0405. The quantitative estimate of drug-likeness (QED) is 0.822. The van der Waals surface area contributed by atoms with Crippen LogP contribution in [0.15, 0.2) is 47.1 Å². The lowest BCUT2D eigenvalue weighted by atomic mass is 10.1. The van der Waals surface area contributed by atoms with Gasteiger partial charge in [-0.15, -0.1) is 0 Å². The van der Waals surface area contributed by atoms with Crippen molar-refractivity contribution in [3.05, 3.63) is 59.5 Å². The second kappa shape index (κ2) is 7.64. The Morgan fingerprint density at radius 3 is 2.62 bits per heavy atom. The number of carbonyl (C=O) groups is 1. The van der Waals surface area contributed by atoms with Gasteiger partial charge >= 0.3 is 0 Å². The molecular weight excluding hydrogens is 264 g/mol. The Bertz CT molecular complexity index is 547. The number of nitrogens with two attached hydrogens (primary N) is 1. The zero-order valence-electron chi connectivity index (χ0n) is 12.3. The van der Waals surface area contributed by atoms with Crippen molar-refractivity contribution in [1.82, 2.24) is 5.32 Å². The number of hydrogen-bond donors (Lipinski definition) is 2. The molecule has 1 atom stereocenters. The van der Waals surface area contributed by atoms with E-state index in [1.807, 2.05) is 43.3 Å². The van der Waals surface area contributed by atoms with Crippen molar-refractivity contribution in [3.63, 3.8) is 0 Å². The summed E-state index contributed by atoms with van der Waals surface area (Å²) in [5, 5.41) is 3.00. The fourth-order valence-corrected chi connectivity index (χ4v) is 2.18. The van der Waals surface area contributed by atoms with Gasteiger partial charge in [0.15, 0.2) is 0 Å². The molecule has 21 heavy (non-hydrogen) atoms. The second-order valence-corrected chi connectivity index (χ2v) is 5.23. The molecule has 1 aromatic carbocycles. The molecule has 3 N–H and O–H groups in total. The van der Waals surface area contributed by atoms with E-state index in [0.29, 0.717) is 12.1 Å². The predicted molar refractivity (Wildman–Crippen MR) is 83.2 cm³/mol. The lowest BCUT2D eigenvalue weighted by Crippen LogP contribution is -2.32. The van der Waals surface area contributed by atoms with Crippen molar-refractivity contribution in [2.24, 2.45) is 5.73 Å². The molecule has 4 nitrogen and oxygen atoms in total. The minimum Gasteiger partial charge on any atom is -0.469 e. The average Bonchev–Trinajstić information content (AvgIpc) is 2.99. The highest BCUT2D eigenvalue weighted by molar-refractivity contribution is 5.94. The minimum atomic E-state index is -0.0405. The number of amides is 1. The van der Waals surface area contributed by atoms with E-state index in [2.05, 4.69) is 5.32 Å². The molecule has 0 fully saturated rings. The van der Waals surface area contributed by atoms with Crippen molar-refractivity contribution < 1.29 is 9.21 Å². The van der Waals surface area contributed by atoms with Crippen LogP contribution in [0.25, 0.3) is 0 Å². The average molecular weight is 286 g/mol. The molecule has 112 valence electrons. The van der Waals surface area contributed by atoms with Gasteiger partial charge in [0.2, 0.25) is 0 Å². The van der Waals surface area contributed by atoms with Gasteiger partial charge in [-0.3, -0.25) is 4.79 Å². The van der Waals surface area contributed by atoms with Gasteiger partial charge in [0, 0.05) is 18.0 Å². The van der Waals surface area contributed by atoms with Crippen LogP contribution in [-0.4, -0.2) is 18.5 Å². The van der Waals surface area contributed by atoms with Gasteiger partial charge in [-0.05, 0) is 56.1 Å².